The summed E-state index contributed by atoms with van der Waals surface area (Å²) in [5.41, 5.74) is 7.73. The van der Waals surface area contributed by atoms with Crippen LogP contribution in [0.4, 0.5) is 0 Å². The predicted octanol–water partition coefficient (Wildman–Crippen LogP) is 11.1. The average molecular weight is 645 g/mol. The lowest BCUT2D eigenvalue weighted by molar-refractivity contribution is 0.954. The van der Waals surface area contributed by atoms with Crippen LogP contribution >= 0.6 is 0 Å². The van der Waals surface area contributed by atoms with Crippen molar-refractivity contribution in [1.29, 1.82) is 0 Å². The van der Waals surface area contributed by atoms with Crippen molar-refractivity contribution in [2.45, 2.75) is 0 Å². The molecule has 10 rings (SSSR count). The summed E-state index contributed by atoms with van der Waals surface area (Å²) in [5.74, 6) is 0.565. The smallest absolute Gasteiger partial charge is 0.238 e. The molecule has 0 bridgehead atoms. The van der Waals surface area contributed by atoms with Crippen LogP contribution in [0.15, 0.2) is 176 Å². The summed E-state index contributed by atoms with van der Waals surface area (Å²) < 4.78 is 46.9. The SMILES string of the molecule is [2H]c1c([2H])c([2H])c(-c2nc(-c3ccccc3)nc(-n3c4ccccc4c4cc5c(cc43)c3ccccc3n5-c3ccccc3-c3ccccc3)n2)c([2H])c1[2H]. The first-order valence-corrected chi connectivity index (χ1v) is 16.4. The van der Waals surface area contributed by atoms with E-state index in [0.717, 1.165) is 60.4 Å². The molecule has 0 aliphatic rings. The van der Waals surface area contributed by atoms with E-state index in [1.54, 1.807) is 0 Å². The van der Waals surface area contributed by atoms with Gasteiger partial charge in [-0.1, -0.05) is 145 Å². The monoisotopic (exact) mass is 644 g/mol. The second kappa shape index (κ2) is 11.4. The third kappa shape index (κ3) is 4.45. The van der Waals surface area contributed by atoms with E-state index >= 15 is 0 Å². The van der Waals surface area contributed by atoms with E-state index in [1.165, 1.54) is 0 Å². The molecule has 0 atom stereocenters. The van der Waals surface area contributed by atoms with Crippen LogP contribution in [0.3, 0.4) is 0 Å². The molecule has 0 radical (unpaired) electrons. The predicted molar refractivity (Wildman–Crippen MR) is 205 cm³/mol. The minimum Gasteiger partial charge on any atom is -0.309 e. The van der Waals surface area contributed by atoms with E-state index in [-0.39, 0.29) is 29.4 Å². The van der Waals surface area contributed by atoms with Crippen molar-refractivity contribution in [2.24, 2.45) is 0 Å². The van der Waals surface area contributed by atoms with Gasteiger partial charge in [0.05, 0.1) is 34.6 Å². The van der Waals surface area contributed by atoms with Gasteiger partial charge >= 0.3 is 0 Å². The molecule has 0 unspecified atom stereocenters. The topological polar surface area (TPSA) is 48.5 Å². The summed E-state index contributed by atoms with van der Waals surface area (Å²) in [7, 11) is 0. The van der Waals surface area contributed by atoms with Crippen LogP contribution in [0.5, 0.6) is 0 Å². The zero-order valence-corrected chi connectivity index (χ0v) is 26.6. The molecule has 0 N–H and O–H groups in total. The quantitative estimate of drug-likeness (QED) is 0.187. The molecule has 0 spiro atoms. The summed E-state index contributed by atoms with van der Waals surface area (Å²) in [6, 6.07) is 47.1. The lowest BCUT2D eigenvalue weighted by Crippen LogP contribution is -2.06. The maximum absolute atomic E-state index is 8.78. The molecule has 3 aromatic heterocycles. The summed E-state index contributed by atoms with van der Waals surface area (Å²) in [4.78, 5) is 14.7. The summed E-state index contributed by atoms with van der Waals surface area (Å²) in [6.07, 6.45) is 0. The molecule has 0 amide bonds. The standard InChI is InChI=1S/C45H29N5/c1-4-16-30(17-5-1)33-22-10-13-25-38(33)49-39-26-14-11-23-34(39)36-29-42-37(28-41(36)49)35-24-12-15-27-40(35)50(42)45-47-43(31-18-6-2-7-19-31)46-44(48-45)32-20-8-3-9-21-32/h1-29H/i2D,6D,7D,18D,19D. The Labute approximate surface area is 295 Å². The Morgan fingerprint density at radius 3 is 1.60 bits per heavy atom. The van der Waals surface area contributed by atoms with Gasteiger partial charge in [0, 0.05) is 38.2 Å². The second-order valence-corrected chi connectivity index (χ2v) is 12.1. The van der Waals surface area contributed by atoms with Crippen molar-refractivity contribution in [3.8, 4) is 45.5 Å². The van der Waals surface area contributed by atoms with Gasteiger partial charge < -0.3 is 4.57 Å². The van der Waals surface area contributed by atoms with Crippen molar-refractivity contribution in [1.82, 2.24) is 24.1 Å². The first kappa shape index (κ1) is 23.5. The molecule has 5 nitrogen and oxygen atoms in total. The number of hydrogen-bond acceptors (Lipinski definition) is 3. The number of fused-ring (bicyclic) bond motifs is 6. The highest BCUT2D eigenvalue weighted by molar-refractivity contribution is 6.19. The maximum atomic E-state index is 8.78. The zero-order chi connectivity index (χ0) is 37.4. The van der Waals surface area contributed by atoms with Gasteiger partial charge in [0.1, 0.15) is 0 Å². The number of benzene rings is 7. The molecular weight excluding hydrogens is 611 g/mol. The average Bonchev–Trinajstić information content (AvgIpc) is 3.74. The zero-order valence-electron chi connectivity index (χ0n) is 31.6. The fraction of sp³-hybridized carbons (Fsp3) is 0. The summed E-state index contributed by atoms with van der Waals surface area (Å²) in [5, 5.41) is 4.09. The molecule has 0 saturated heterocycles. The van der Waals surface area contributed by atoms with E-state index in [1.807, 2.05) is 59.2 Å². The van der Waals surface area contributed by atoms with Gasteiger partial charge in [-0.2, -0.15) is 9.97 Å². The summed E-state index contributed by atoms with van der Waals surface area (Å²) >= 11 is 0. The molecule has 0 aliphatic carbocycles. The minimum atomic E-state index is -0.478. The molecule has 10 aromatic rings. The van der Waals surface area contributed by atoms with Crippen molar-refractivity contribution in [3.63, 3.8) is 0 Å². The highest BCUT2D eigenvalue weighted by Crippen LogP contribution is 2.41. The van der Waals surface area contributed by atoms with Gasteiger partial charge in [-0.25, -0.2) is 4.98 Å². The normalized spacial score (nSPS) is 13.0. The molecular formula is C45H29N5. The highest BCUT2D eigenvalue weighted by Gasteiger charge is 2.21. The van der Waals surface area contributed by atoms with Crippen molar-refractivity contribution >= 4 is 43.6 Å². The largest absolute Gasteiger partial charge is 0.309 e. The molecule has 234 valence electrons. The Morgan fingerprint density at radius 2 is 0.920 bits per heavy atom. The summed E-state index contributed by atoms with van der Waals surface area (Å²) in [6.45, 7) is 0. The Hall–Kier alpha value is -6.85. The molecule has 3 heterocycles. The molecule has 7 aromatic carbocycles. The number of nitrogens with zero attached hydrogens (tertiary/aromatic N) is 5. The fourth-order valence-electron chi connectivity index (χ4n) is 7.09. The Kier molecular flexibility index (Phi) is 5.35. The third-order valence-electron chi connectivity index (χ3n) is 9.28. The molecule has 50 heavy (non-hydrogen) atoms. The van der Waals surface area contributed by atoms with Gasteiger partial charge in [-0.15, -0.1) is 0 Å². The Bertz CT molecular complexity index is 3130. The van der Waals surface area contributed by atoms with E-state index in [9.17, 15) is 0 Å². The first-order chi connectivity index (χ1) is 26.9. The lowest BCUT2D eigenvalue weighted by atomic mass is 10.0. The van der Waals surface area contributed by atoms with E-state index in [2.05, 4.69) is 95.6 Å². The van der Waals surface area contributed by atoms with Crippen LogP contribution in [-0.4, -0.2) is 24.1 Å². The first-order valence-electron chi connectivity index (χ1n) is 18.9. The molecule has 0 fully saturated rings. The Morgan fingerprint density at radius 1 is 0.400 bits per heavy atom. The van der Waals surface area contributed by atoms with Crippen LogP contribution in [0.2, 0.25) is 0 Å². The van der Waals surface area contributed by atoms with Gasteiger partial charge in [0.25, 0.3) is 0 Å². The molecule has 0 aliphatic heterocycles. The van der Waals surface area contributed by atoms with Crippen LogP contribution in [0.25, 0.3) is 89.2 Å². The van der Waals surface area contributed by atoms with Gasteiger partial charge in [-0.3, -0.25) is 4.57 Å². The maximum Gasteiger partial charge on any atom is 0.238 e. The second-order valence-electron chi connectivity index (χ2n) is 12.1. The van der Waals surface area contributed by atoms with E-state index < -0.39 is 18.1 Å². The van der Waals surface area contributed by atoms with E-state index in [4.69, 9.17) is 21.8 Å². The van der Waals surface area contributed by atoms with Gasteiger partial charge in [-0.05, 0) is 35.9 Å². The molecule has 5 heteroatoms. The number of hydrogen-bond donors (Lipinski definition) is 0. The third-order valence-corrected chi connectivity index (χ3v) is 9.28. The Balaban J connectivity index is 1.31. The van der Waals surface area contributed by atoms with Crippen LogP contribution in [-0.2, 0) is 0 Å². The minimum absolute atomic E-state index is 0.0121. The van der Waals surface area contributed by atoms with Gasteiger partial charge in [0.2, 0.25) is 5.95 Å². The van der Waals surface area contributed by atoms with Gasteiger partial charge in [0.15, 0.2) is 11.6 Å². The van der Waals surface area contributed by atoms with Crippen LogP contribution in [0.1, 0.15) is 6.85 Å². The van der Waals surface area contributed by atoms with Crippen LogP contribution < -0.4 is 0 Å². The van der Waals surface area contributed by atoms with Crippen molar-refractivity contribution < 1.29 is 6.85 Å². The van der Waals surface area contributed by atoms with Crippen LogP contribution in [0, 0.1) is 0 Å². The molecule has 0 saturated carbocycles. The number of aromatic nitrogens is 5. The number of rotatable bonds is 5. The van der Waals surface area contributed by atoms with E-state index in [0.29, 0.717) is 11.4 Å². The van der Waals surface area contributed by atoms with Crippen molar-refractivity contribution in [3.05, 3.63) is 176 Å². The lowest BCUT2D eigenvalue weighted by Gasteiger charge is -2.14. The number of para-hydroxylation sites is 3. The highest BCUT2D eigenvalue weighted by atomic mass is 15.2. The fourth-order valence-corrected chi connectivity index (χ4v) is 7.09. The van der Waals surface area contributed by atoms with Crippen molar-refractivity contribution in [2.75, 3.05) is 0 Å².